The number of aryl methyl sites for hydroxylation is 2. The molecule has 0 fully saturated rings. The monoisotopic (exact) mass is 329 g/mol. The molecule has 0 atom stereocenters. The summed E-state index contributed by atoms with van der Waals surface area (Å²) in [6.07, 6.45) is 5.28. The van der Waals surface area contributed by atoms with Crippen molar-refractivity contribution in [1.29, 1.82) is 0 Å². The molecule has 0 aliphatic heterocycles. The molecule has 0 spiro atoms. The molecule has 96 valence electrons. The molecule has 0 saturated carbocycles. The minimum atomic E-state index is 0.415. The molecule has 7 heteroatoms. The number of rotatable bonds is 5. The summed E-state index contributed by atoms with van der Waals surface area (Å²) in [5.41, 5.74) is 2.37. The molecule has 2 aromatic rings. The van der Waals surface area contributed by atoms with E-state index in [4.69, 9.17) is 11.6 Å². The van der Waals surface area contributed by atoms with Gasteiger partial charge in [-0.15, -0.1) is 0 Å². The summed E-state index contributed by atoms with van der Waals surface area (Å²) in [5.74, 6) is 0.721. The highest BCUT2D eigenvalue weighted by atomic mass is 79.9. The number of hydrogen-bond donors (Lipinski definition) is 2. The Morgan fingerprint density at radius 3 is 3.00 bits per heavy atom. The molecule has 2 N–H and O–H groups in total. The Labute approximate surface area is 119 Å². The Morgan fingerprint density at radius 1 is 1.44 bits per heavy atom. The fourth-order valence-electron chi connectivity index (χ4n) is 1.58. The Hall–Kier alpha value is -1.14. The van der Waals surface area contributed by atoms with Gasteiger partial charge >= 0.3 is 0 Å². The van der Waals surface area contributed by atoms with Gasteiger partial charge in [0.2, 0.25) is 0 Å². The van der Waals surface area contributed by atoms with E-state index in [0.29, 0.717) is 9.63 Å². The van der Waals surface area contributed by atoms with E-state index in [1.165, 1.54) is 11.9 Å². The first-order valence-electron chi connectivity index (χ1n) is 5.57. The molecule has 0 aromatic carbocycles. The van der Waals surface area contributed by atoms with Crippen LogP contribution in [0.4, 0.5) is 5.82 Å². The maximum atomic E-state index is 5.88. The second-order valence-electron chi connectivity index (χ2n) is 3.88. The molecule has 18 heavy (non-hydrogen) atoms. The van der Waals surface area contributed by atoms with Crippen molar-refractivity contribution in [2.24, 2.45) is 0 Å². The van der Waals surface area contributed by atoms with Crippen molar-refractivity contribution in [3.8, 4) is 0 Å². The van der Waals surface area contributed by atoms with Crippen molar-refractivity contribution in [3.63, 3.8) is 0 Å². The quantitative estimate of drug-likeness (QED) is 0.653. The van der Waals surface area contributed by atoms with Gasteiger partial charge in [-0.2, -0.15) is 5.10 Å². The molecular formula is C11H13BrClN5. The molecule has 0 bridgehead atoms. The molecule has 2 heterocycles. The summed E-state index contributed by atoms with van der Waals surface area (Å²) >= 11 is 9.23. The van der Waals surface area contributed by atoms with Crippen LogP contribution < -0.4 is 5.32 Å². The summed E-state index contributed by atoms with van der Waals surface area (Å²) < 4.78 is 0.700. The molecule has 0 amide bonds. The fourth-order valence-corrected chi connectivity index (χ4v) is 2.06. The third kappa shape index (κ3) is 3.20. The number of aromatic amines is 1. The van der Waals surface area contributed by atoms with Crippen LogP contribution in [-0.2, 0) is 6.42 Å². The van der Waals surface area contributed by atoms with E-state index >= 15 is 0 Å². The van der Waals surface area contributed by atoms with Crippen molar-refractivity contribution < 1.29 is 0 Å². The molecular weight excluding hydrogens is 318 g/mol. The number of H-pyrrole nitrogens is 1. The topological polar surface area (TPSA) is 66.5 Å². The first kappa shape index (κ1) is 13.3. The molecule has 0 unspecified atom stereocenters. The minimum absolute atomic E-state index is 0.415. The standard InChI is InChI=1S/C11H13BrClN5/c1-7-8(5-17-18-7)3-2-4-14-11-9(12)10(13)15-6-16-11/h5-6H,2-4H2,1H3,(H,17,18)(H,14,15,16). The lowest BCUT2D eigenvalue weighted by atomic mass is 10.1. The highest BCUT2D eigenvalue weighted by Gasteiger charge is 2.06. The van der Waals surface area contributed by atoms with Crippen LogP contribution in [0.15, 0.2) is 17.0 Å². The first-order valence-corrected chi connectivity index (χ1v) is 6.74. The fraction of sp³-hybridized carbons (Fsp3) is 0.364. The zero-order chi connectivity index (χ0) is 13.0. The predicted molar refractivity (Wildman–Crippen MR) is 74.9 cm³/mol. The van der Waals surface area contributed by atoms with Gasteiger partial charge in [-0.3, -0.25) is 5.10 Å². The number of hydrogen-bond acceptors (Lipinski definition) is 4. The third-order valence-electron chi connectivity index (χ3n) is 2.60. The average Bonchev–Trinajstić information content (AvgIpc) is 2.76. The van der Waals surface area contributed by atoms with Crippen LogP contribution in [0.2, 0.25) is 5.15 Å². The van der Waals surface area contributed by atoms with Gasteiger partial charge in [-0.05, 0) is 41.3 Å². The highest BCUT2D eigenvalue weighted by molar-refractivity contribution is 9.10. The van der Waals surface area contributed by atoms with E-state index in [2.05, 4.69) is 41.4 Å². The number of nitrogens with zero attached hydrogens (tertiary/aromatic N) is 3. The zero-order valence-corrected chi connectivity index (χ0v) is 12.2. The maximum absolute atomic E-state index is 5.88. The van der Waals surface area contributed by atoms with Crippen molar-refractivity contribution in [1.82, 2.24) is 20.2 Å². The van der Waals surface area contributed by atoms with E-state index in [1.807, 2.05) is 13.1 Å². The molecule has 0 aliphatic carbocycles. The van der Waals surface area contributed by atoms with Crippen LogP contribution in [0.3, 0.4) is 0 Å². The Morgan fingerprint density at radius 2 is 2.28 bits per heavy atom. The lowest BCUT2D eigenvalue weighted by Crippen LogP contribution is -2.06. The summed E-state index contributed by atoms with van der Waals surface area (Å²) in [6, 6.07) is 0. The van der Waals surface area contributed by atoms with Gasteiger partial charge in [0.15, 0.2) is 0 Å². The predicted octanol–water partition coefficient (Wildman–Crippen LogP) is 2.97. The first-order chi connectivity index (χ1) is 8.68. The van der Waals surface area contributed by atoms with Crippen molar-refractivity contribution in [3.05, 3.63) is 33.4 Å². The van der Waals surface area contributed by atoms with Crippen LogP contribution in [0.25, 0.3) is 0 Å². The number of anilines is 1. The van der Waals surface area contributed by atoms with Gasteiger partial charge in [0.25, 0.3) is 0 Å². The van der Waals surface area contributed by atoms with Crippen molar-refractivity contribution in [2.45, 2.75) is 19.8 Å². The number of nitrogens with one attached hydrogen (secondary N) is 2. The lowest BCUT2D eigenvalue weighted by molar-refractivity contribution is 0.851. The Balaban J connectivity index is 1.82. The van der Waals surface area contributed by atoms with E-state index in [-0.39, 0.29) is 0 Å². The van der Waals surface area contributed by atoms with Crippen LogP contribution in [0.1, 0.15) is 17.7 Å². The van der Waals surface area contributed by atoms with Gasteiger partial charge in [0, 0.05) is 12.2 Å². The second-order valence-corrected chi connectivity index (χ2v) is 5.03. The van der Waals surface area contributed by atoms with Gasteiger partial charge in [0.1, 0.15) is 17.3 Å². The van der Waals surface area contributed by atoms with Crippen LogP contribution >= 0.6 is 27.5 Å². The number of halogens is 2. The third-order valence-corrected chi connectivity index (χ3v) is 3.86. The summed E-state index contributed by atoms with van der Waals surface area (Å²) in [4.78, 5) is 7.99. The van der Waals surface area contributed by atoms with Crippen molar-refractivity contribution >= 4 is 33.3 Å². The van der Waals surface area contributed by atoms with Crippen LogP contribution in [-0.4, -0.2) is 26.7 Å². The molecule has 0 saturated heterocycles. The Kier molecular flexibility index (Phi) is 4.54. The van der Waals surface area contributed by atoms with E-state index in [0.717, 1.165) is 30.9 Å². The van der Waals surface area contributed by atoms with E-state index < -0.39 is 0 Å². The summed E-state index contributed by atoms with van der Waals surface area (Å²) in [5, 5.41) is 10.6. The van der Waals surface area contributed by atoms with Gasteiger partial charge in [0.05, 0.1) is 10.7 Å². The average molecular weight is 331 g/mol. The van der Waals surface area contributed by atoms with Crippen LogP contribution in [0.5, 0.6) is 0 Å². The van der Waals surface area contributed by atoms with Gasteiger partial charge < -0.3 is 5.32 Å². The molecule has 0 aliphatic rings. The van der Waals surface area contributed by atoms with Crippen LogP contribution in [0, 0.1) is 6.92 Å². The highest BCUT2D eigenvalue weighted by Crippen LogP contribution is 2.25. The SMILES string of the molecule is Cc1[nH]ncc1CCCNc1ncnc(Cl)c1Br. The number of aromatic nitrogens is 4. The van der Waals surface area contributed by atoms with E-state index in [9.17, 15) is 0 Å². The largest absolute Gasteiger partial charge is 0.369 e. The summed E-state index contributed by atoms with van der Waals surface area (Å²) in [7, 11) is 0. The van der Waals surface area contributed by atoms with E-state index in [1.54, 1.807) is 0 Å². The normalized spacial score (nSPS) is 10.6. The minimum Gasteiger partial charge on any atom is -0.369 e. The van der Waals surface area contributed by atoms with Gasteiger partial charge in [-0.25, -0.2) is 9.97 Å². The molecule has 2 aromatic heterocycles. The van der Waals surface area contributed by atoms with Gasteiger partial charge in [-0.1, -0.05) is 11.6 Å². The second kappa shape index (κ2) is 6.15. The zero-order valence-electron chi connectivity index (χ0n) is 9.87. The molecule has 5 nitrogen and oxygen atoms in total. The smallest absolute Gasteiger partial charge is 0.148 e. The Bertz CT molecular complexity index is 528. The molecule has 2 rings (SSSR count). The van der Waals surface area contributed by atoms with Crippen molar-refractivity contribution in [2.75, 3.05) is 11.9 Å². The lowest BCUT2D eigenvalue weighted by Gasteiger charge is -2.07. The molecule has 0 radical (unpaired) electrons. The summed E-state index contributed by atoms with van der Waals surface area (Å²) in [6.45, 7) is 2.84. The maximum Gasteiger partial charge on any atom is 0.148 e.